The van der Waals surface area contributed by atoms with E-state index in [2.05, 4.69) is 10.2 Å². The Bertz CT molecular complexity index is 338. The Hall–Kier alpha value is -0.880. The van der Waals surface area contributed by atoms with Gasteiger partial charge in [0.25, 0.3) is 0 Å². The Morgan fingerprint density at radius 3 is 2.71 bits per heavy atom. The molecule has 0 amide bonds. The van der Waals surface area contributed by atoms with Gasteiger partial charge in [0.05, 0.1) is 0 Å². The van der Waals surface area contributed by atoms with Crippen molar-refractivity contribution in [2.24, 2.45) is 0 Å². The first-order valence-corrected chi connectivity index (χ1v) is 5.03. The highest BCUT2D eigenvalue weighted by molar-refractivity contribution is 7.71. The third kappa shape index (κ3) is 3.12. The van der Waals surface area contributed by atoms with E-state index in [-0.39, 0.29) is 5.69 Å². The molecule has 0 bridgehead atoms. The molecule has 0 aromatic carbocycles. The zero-order valence-corrected chi connectivity index (χ0v) is 9.02. The number of methoxy groups -OCH3 is 1. The standard InChI is InChI=1S/C8H15N3O2S/c1-13-6-4-2-3-5-11-7(12)9-10-8(11)14/h2-6H2,1H3,(H,9,12)(H,10,14). The third-order valence-electron chi connectivity index (χ3n) is 2.00. The molecular weight excluding hydrogens is 202 g/mol. The van der Waals surface area contributed by atoms with Crippen LogP contribution < -0.4 is 5.69 Å². The molecule has 1 aromatic heterocycles. The summed E-state index contributed by atoms with van der Waals surface area (Å²) in [6, 6.07) is 0. The summed E-state index contributed by atoms with van der Waals surface area (Å²) < 4.78 is 6.91. The molecule has 0 atom stereocenters. The molecule has 0 saturated carbocycles. The summed E-state index contributed by atoms with van der Waals surface area (Å²) in [6.07, 6.45) is 3.00. The van der Waals surface area contributed by atoms with Crippen molar-refractivity contribution >= 4 is 12.2 Å². The van der Waals surface area contributed by atoms with Gasteiger partial charge < -0.3 is 4.74 Å². The average Bonchev–Trinajstić information content (AvgIpc) is 2.48. The van der Waals surface area contributed by atoms with Crippen LogP contribution in [0.4, 0.5) is 0 Å². The van der Waals surface area contributed by atoms with Gasteiger partial charge in [0.2, 0.25) is 0 Å². The van der Waals surface area contributed by atoms with Gasteiger partial charge in [0, 0.05) is 20.3 Å². The van der Waals surface area contributed by atoms with E-state index in [0.29, 0.717) is 11.3 Å². The minimum atomic E-state index is -0.165. The van der Waals surface area contributed by atoms with E-state index >= 15 is 0 Å². The second-order valence-electron chi connectivity index (χ2n) is 3.07. The maximum absolute atomic E-state index is 11.1. The molecule has 2 N–H and O–H groups in total. The molecule has 6 heteroatoms. The van der Waals surface area contributed by atoms with Crippen molar-refractivity contribution in [2.45, 2.75) is 25.8 Å². The fraction of sp³-hybridized carbons (Fsp3) is 0.750. The molecule has 1 rings (SSSR count). The number of nitrogens with one attached hydrogen (secondary N) is 2. The van der Waals surface area contributed by atoms with Crippen LogP contribution in [0.5, 0.6) is 0 Å². The minimum absolute atomic E-state index is 0.165. The number of ether oxygens (including phenoxy) is 1. The summed E-state index contributed by atoms with van der Waals surface area (Å²) in [5, 5.41) is 5.05. The van der Waals surface area contributed by atoms with E-state index in [4.69, 9.17) is 17.0 Å². The van der Waals surface area contributed by atoms with E-state index in [0.717, 1.165) is 25.9 Å². The van der Waals surface area contributed by atoms with E-state index < -0.39 is 0 Å². The van der Waals surface area contributed by atoms with Gasteiger partial charge in [-0.25, -0.2) is 9.89 Å². The van der Waals surface area contributed by atoms with Crippen LogP contribution in [-0.2, 0) is 11.3 Å². The van der Waals surface area contributed by atoms with Gasteiger partial charge in [0.15, 0.2) is 4.77 Å². The lowest BCUT2D eigenvalue weighted by Gasteiger charge is -2.00. The van der Waals surface area contributed by atoms with Gasteiger partial charge >= 0.3 is 5.69 Å². The Morgan fingerprint density at radius 1 is 1.36 bits per heavy atom. The van der Waals surface area contributed by atoms with Gasteiger partial charge in [-0.1, -0.05) is 0 Å². The zero-order valence-electron chi connectivity index (χ0n) is 8.21. The molecular formula is C8H15N3O2S. The molecule has 0 unspecified atom stereocenters. The van der Waals surface area contributed by atoms with E-state index in [9.17, 15) is 4.79 Å². The predicted octanol–water partition coefficient (Wildman–Crippen LogP) is 1.05. The number of aromatic nitrogens is 3. The van der Waals surface area contributed by atoms with Crippen LogP contribution in [0, 0.1) is 4.77 Å². The Balaban J connectivity index is 2.32. The topological polar surface area (TPSA) is 62.8 Å². The molecule has 0 saturated heterocycles. The van der Waals surface area contributed by atoms with E-state index in [1.165, 1.54) is 4.57 Å². The van der Waals surface area contributed by atoms with Crippen LogP contribution in [0.1, 0.15) is 19.3 Å². The zero-order chi connectivity index (χ0) is 10.4. The SMILES string of the molecule is COCCCCCn1c(=O)[nH][nH]c1=S. The van der Waals surface area contributed by atoms with Crippen LogP contribution in [-0.4, -0.2) is 28.5 Å². The summed E-state index contributed by atoms with van der Waals surface area (Å²) in [7, 11) is 1.69. The molecule has 0 fully saturated rings. The number of aromatic amines is 2. The maximum Gasteiger partial charge on any atom is 0.342 e. The van der Waals surface area contributed by atoms with Gasteiger partial charge in [-0.3, -0.25) is 9.67 Å². The third-order valence-corrected chi connectivity index (χ3v) is 2.32. The van der Waals surface area contributed by atoms with Gasteiger partial charge in [-0.15, -0.1) is 0 Å². The molecule has 1 aromatic rings. The van der Waals surface area contributed by atoms with Crippen LogP contribution in [0.25, 0.3) is 0 Å². The second-order valence-corrected chi connectivity index (χ2v) is 3.45. The number of H-pyrrole nitrogens is 2. The highest BCUT2D eigenvalue weighted by Gasteiger charge is 1.98. The highest BCUT2D eigenvalue weighted by atomic mass is 32.1. The molecule has 0 aliphatic heterocycles. The molecule has 0 spiro atoms. The minimum Gasteiger partial charge on any atom is -0.385 e. The predicted molar refractivity (Wildman–Crippen MR) is 56.0 cm³/mol. The van der Waals surface area contributed by atoms with Gasteiger partial charge in [-0.2, -0.15) is 0 Å². The summed E-state index contributed by atoms with van der Waals surface area (Å²) in [4.78, 5) is 11.1. The van der Waals surface area contributed by atoms with Crippen LogP contribution >= 0.6 is 12.2 Å². The lowest BCUT2D eigenvalue weighted by atomic mass is 10.2. The summed E-state index contributed by atoms with van der Waals surface area (Å²) in [5.74, 6) is 0. The van der Waals surface area contributed by atoms with Crippen molar-refractivity contribution in [3.8, 4) is 0 Å². The molecule has 0 radical (unpaired) electrons. The highest BCUT2D eigenvalue weighted by Crippen LogP contribution is 1.97. The number of nitrogens with zero attached hydrogens (tertiary/aromatic N) is 1. The molecule has 0 aliphatic rings. The van der Waals surface area contributed by atoms with Crippen molar-refractivity contribution in [3.63, 3.8) is 0 Å². The molecule has 14 heavy (non-hydrogen) atoms. The van der Waals surface area contributed by atoms with Crippen LogP contribution in [0.2, 0.25) is 0 Å². The fourth-order valence-corrected chi connectivity index (χ4v) is 1.46. The van der Waals surface area contributed by atoms with Crippen LogP contribution in [0.15, 0.2) is 4.79 Å². The Kier molecular flexibility index (Phi) is 4.61. The van der Waals surface area contributed by atoms with E-state index in [1.54, 1.807) is 7.11 Å². The van der Waals surface area contributed by atoms with Crippen molar-refractivity contribution < 1.29 is 4.74 Å². The summed E-state index contributed by atoms with van der Waals surface area (Å²) in [5.41, 5.74) is -0.165. The lowest BCUT2D eigenvalue weighted by Crippen LogP contribution is -2.17. The summed E-state index contributed by atoms with van der Waals surface area (Å²) >= 11 is 4.93. The first kappa shape index (κ1) is 11.2. The molecule has 1 heterocycles. The molecule has 5 nitrogen and oxygen atoms in total. The van der Waals surface area contributed by atoms with Crippen LogP contribution in [0.3, 0.4) is 0 Å². The first-order valence-electron chi connectivity index (χ1n) is 4.62. The summed E-state index contributed by atoms with van der Waals surface area (Å²) in [6.45, 7) is 1.44. The first-order chi connectivity index (χ1) is 6.75. The molecule has 80 valence electrons. The Morgan fingerprint density at radius 2 is 2.14 bits per heavy atom. The fourth-order valence-electron chi connectivity index (χ4n) is 1.23. The van der Waals surface area contributed by atoms with E-state index in [1.807, 2.05) is 0 Å². The van der Waals surface area contributed by atoms with Crippen molar-refractivity contribution in [3.05, 3.63) is 15.3 Å². The van der Waals surface area contributed by atoms with Crippen molar-refractivity contribution in [1.82, 2.24) is 14.8 Å². The average molecular weight is 217 g/mol. The van der Waals surface area contributed by atoms with Crippen molar-refractivity contribution in [2.75, 3.05) is 13.7 Å². The number of rotatable bonds is 6. The smallest absolute Gasteiger partial charge is 0.342 e. The monoisotopic (exact) mass is 217 g/mol. The van der Waals surface area contributed by atoms with Gasteiger partial charge in [0.1, 0.15) is 0 Å². The Labute approximate surface area is 87.1 Å². The quantitative estimate of drug-likeness (QED) is 0.553. The molecule has 0 aliphatic carbocycles. The lowest BCUT2D eigenvalue weighted by molar-refractivity contribution is 0.191. The second kappa shape index (κ2) is 5.77. The van der Waals surface area contributed by atoms with Gasteiger partial charge in [-0.05, 0) is 31.5 Å². The number of unbranched alkanes of at least 4 members (excludes halogenated alkanes) is 2. The number of hydrogen-bond acceptors (Lipinski definition) is 3. The normalized spacial score (nSPS) is 10.6. The maximum atomic E-state index is 11.1. The largest absolute Gasteiger partial charge is 0.385 e. The number of hydrogen-bond donors (Lipinski definition) is 2. The van der Waals surface area contributed by atoms with Crippen molar-refractivity contribution in [1.29, 1.82) is 0 Å².